The number of hydrogen-bond acceptors (Lipinski definition) is 6. The van der Waals surface area contributed by atoms with Gasteiger partial charge >= 0.3 is 0 Å². The molecule has 3 aromatic rings. The number of aryl methyl sites for hydroxylation is 1. The standard InChI is InChI=1S/C27H19Cl2N3O3S/c1-14-2-5-16(6-3-14)32-26(33)23-18(20(13-30)25(31)36-24(23)27(32)34)10-7-17-8-11-22(35-17)19-9-4-15(28)12-21(19)29/h2-12,18,23-24H,31H2,1H3/b10-7+/t18-,23+,24+/m1/s1. The first-order chi connectivity index (χ1) is 17.3. The molecule has 3 heterocycles. The van der Waals surface area contributed by atoms with Crippen LogP contribution >= 0.6 is 35.0 Å². The molecule has 2 aromatic carbocycles. The molecule has 2 amide bonds. The Morgan fingerprint density at radius 2 is 1.83 bits per heavy atom. The van der Waals surface area contributed by atoms with Crippen molar-refractivity contribution in [2.45, 2.75) is 12.2 Å². The smallest absolute Gasteiger partial charge is 0.248 e. The highest BCUT2D eigenvalue weighted by atomic mass is 35.5. The summed E-state index contributed by atoms with van der Waals surface area (Å²) < 4.78 is 5.93. The highest BCUT2D eigenvalue weighted by Gasteiger charge is 2.55. The van der Waals surface area contributed by atoms with Gasteiger partial charge in [-0.05, 0) is 55.5 Å². The molecule has 5 rings (SSSR count). The maximum absolute atomic E-state index is 13.5. The van der Waals surface area contributed by atoms with Crippen LogP contribution in [0, 0.1) is 30.1 Å². The molecule has 0 spiro atoms. The fourth-order valence-corrected chi connectivity index (χ4v) is 6.17. The molecular formula is C27H19Cl2N3O3S. The largest absolute Gasteiger partial charge is 0.457 e. The number of amides is 2. The number of nitriles is 1. The Kier molecular flexibility index (Phi) is 6.44. The van der Waals surface area contributed by atoms with Gasteiger partial charge in [0.05, 0.1) is 33.3 Å². The number of halogens is 2. The van der Waals surface area contributed by atoms with Crippen molar-refractivity contribution in [2.24, 2.45) is 17.6 Å². The van der Waals surface area contributed by atoms with Crippen molar-refractivity contribution in [3.63, 3.8) is 0 Å². The average Bonchev–Trinajstić information content (AvgIpc) is 3.40. The lowest BCUT2D eigenvalue weighted by atomic mass is 9.84. The van der Waals surface area contributed by atoms with E-state index in [1.165, 1.54) is 4.90 Å². The van der Waals surface area contributed by atoms with Crippen LogP contribution < -0.4 is 10.6 Å². The summed E-state index contributed by atoms with van der Waals surface area (Å²) in [5.41, 5.74) is 8.64. The second kappa shape index (κ2) is 9.55. The first-order valence-electron chi connectivity index (χ1n) is 11.0. The van der Waals surface area contributed by atoms with Crippen LogP contribution in [0.3, 0.4) is 0 Å². The van der Waals surface area contributed by atoms with Crippen molar-refractivity contribution in [1.82, 2.24) is 0 Å². The quantitative estimate of drug-likeness (QED) is 0.399. The Balaban J connectivity index is 1.48. The molecule has 6 nitrogen and oxygen atoms in total. The fraction of sp³-hybridized carbons (Fsp3) is 0.148. The zero-order chi connectivity index (χ0) is 25.6. The van der Waals surface area contributed by atoms with Crippen molar-refractivity contribution < 1.29 is 14.0 Å². The fourth-order valence-electron chi connectivity index (χ4n) is 4.45. The highest BCUT2D eigenvalue weighted by Crippen LogP contribution is 2.47. The van der Waals surface area contributed by atoms with Crippen LogP contribution in [-0.2, 0) is 9.59 Å². The number of thioether (sulfide) groups is 1. The van der Waals surface area contributed by atoms with Gasteiger partial charge in [-0.2, -0.15) is 5.26 Å². The van der Waals surface area contributed by atoms with Crippen molar-refractivity contribution in [3.8, 4) is 17.4 Å². The lowest BCUT2D eigenvalue weighted by Gasteiger charge is -2.28. The number of carbonyl (C=O) groups is 2. The zero-order valence-corrected chi connectivity index (χ0v) is 21.3. The Morgan fingerprint density at radius 3 is 2.53 bits per heavy atom. The SMILES string of the molecule is Cc1ccc(N2C(=O)[C@H]3[C@H](/C=C/c4ccc(-c5ccc(Cl)cc5Cl)o4)C(C#N)=C(N)S[C@@H]3C2=O)cc1. The second-order valence-electron chi connectivity index (χ2n) is 8.51. The van der Waals surface area contributed by atoms with E-state index in [4.69, 9.17) is 33.4 Å². The van der Waals surface area contributed by atoms with Gasteiger partial charge in [0.15, 0.2) is 0 Å². The summed E-state index contributed by atoms with van der Waals surface area (Å²) in [4.78, 5) is 28.0. The maximum atomic E-state index is 13.5. The van der Waals surface area contributed by atoms with Gasteiger partial charge in [-0.3, -0.25) is 9.59 Å². The first kappa shape index (κ1) is 24.3. The van der Waals surface area contributed by atoms with Crippen molar-refractivity contribution >= 4 is 58.5 Å². The molecule has 9 heteroatoms. The van der Waals surface area contributed by atoms with E-state index in [1.54, 1.807) is 54.6 Å². The van der Waals surface area contributed by atoms with E-state index in [-0.39, 0.29) is 22.4 Å². The lowest BCUT2D eigenvalue weighted by Crippen LogP contribution is -2.34. The van der Waals surface area contributed by atoms with Crippen LogP contribution in [0.25, 0.3) is 17.4 Å². The van der Waals surface area contributed by atoms with Crippen LogP contribution in [0.2, 0.25) is 10.0 Å². The minimum Gasteiger partial charge on any atom is -0.457 e. The van der Waals surface area contributed by atoms with Crippen molar-refractivity contribution in [1.29, 1.82) is 5.26 Å². The molecule has 2 aliphatic heterocycles. The van der Waals surface area contributed by atoms with E-state index in [0.717, 1.165) is 17.3 Å². The van der Waals surface area contributed by atoms with Gasteiger partial charge in [0, 0.05) is 16.5 Å². The van der Waals surface area contributed by atoms with Crippen molar-refractivity contribution in [3.05, 3.63) is 92.6 Å². The molecule has 0 saturated carbocycles. The van der Waals surface area contributed by atoms with Gasteiger partial charge < -0.3 is 10.2 Å². The molecule has 1 aromatic heterocycles. The molecule has 1 saturated heterocycles. The van der Waals surface area contributed by atoms with Gasteiger partial charge in [0.2, 0.25) is 11.8 Å². The Bertz CT molecular complexity index is 1490. The molecule has 36 heavy (non-hydrogen) atoms. The summed E-state index contributed by atoms with van der Waals surface area (Å²) in [6, 6.07) is 17.9. The average molecular weight is 536 g/mol. The third kappa shape index (κ3) is 4.22. The second-order valence-corrected chi connectivity index (χ2v) is 10.5. The monoisotopic (exact) mass is 535 g/mol. The van der Waals surface area contributed by atoms with Crippen molar-refractivity contribution in [2.75, 3.05) is 4.90 Å². The van der Waals surface area contributed by atoms with Crippen LogP contribution in [-0.4, -0.2) is 17.1 Å². The normalized spacial score (nSPS) is 21.8. The summed E-state index contributed by atoms with van der Waals surface area (Å²) in [6.07, 6.45) is 3.39. The molecule has 3 atom stereocenters. The number of nitrogens with two attached hydrogens (primary N) is 1. The summed E-state index contributed by atoms with van der Waals surface area (Å²) in [5, 5.41) is 10.3. The summed E-state index contributed by atoms with van der Waals surface area (Å²) in [5.74, 6) is -1.10. The number of imide groups is 1. The number of rotatable bonds is 4. The molecular weight excluding hydrogens is 517 g/mol. The molecule has 0 aliphatic carbocycles. The molecule has 1 fully saturated rings. The number of benzene rings is 2. The first-order valence-corrected chi connectivity index (χ1v) is 12.7. The highest BCUT2D eigenvalue weighted by molar-refractivity contribution is 8.04. The van der Waals surface area contributed by atoms with Crippen LogP contribution in [0.5, 0.6) is 0 Å². The number of anilines is 1. The number of furan rings is 1. The van der Waals surface area contributed by atoms with E-state index in [0.29, 0.717) is 32.8 Å². The predicted octanol–water partition coefficient (Wildman–Crippen LogP) is 6.19. The minimum atomic E-state index is -0.762. The topological polar surface area (TPSA) is 100 Å². The maximum Gasteiger partial charge on any atom is 0.248 e. The van der Waals surface area contributed by atoms with Gasteiger partial charge in [0.25, 0.3) is 0 Å². The van der Waals surface area contributed by atoms with E-state index in [2.05, 4.69) is 6.07 Å². The third-order valence-electron chi connectivity index (χ3n) is 6.24. The van der Waals surface area contributed by atoms with Gasteiger partial charge in [0.1, 0.15) is 16.8 Å². The minimum absolute atomic E-state index is 0.244. The molecule has 2 aliphatic rings. The van der Waals surface area contributed by atoms with Gasteiger partial charge in [-0.1, -0.05) is 58.7 Å². The summed E-state index contributed by atoms with van der Waals surface area (Å²) in [7, 11) is 0. The Labute approximate surface area is 222 Å². The van der Waals surface area contributed by atoms with E-state index < -0.39 is 17.1 Å². The number of allylic oxidation sites excluding steroid dienone is 2. The summed E-state index contributed by atoms with van der Waals surface area (Å²) >= 11 is 13.4. The van der Waals surface area contributed by atoms with Gasteiger partial charge in [-0.25, -0.2) is 4.90 Å². The molecule has 2 N–H and O–H groups in total. The van der Waals surface area contributed by atoms with Gasteiger partial charge in [-0.15, -0.1) is 0 Å². The molecule has 180 valence electrons. The predicted molar refractivity (Wildman–Crippen MR) is 142 cm³/mol. The van der Waals surface area contributed by atoms with Crippen LogP contribution in [0.1, 0.15) is 11.3 Å². The van der Waals surface area contributed by atoms with E-state index >= 15 is 0 Å². The number of hydrogen-bond donors (Lipinski definition) is 1. The Hall–Kier alpha value is -3.44. The number of carbonyl (C=O) groups excluding carboxylic acids is 2. The number of fused-ring (bicyclic) bond motifs is 1. The lowest BCUT2D eigenvalue weighted by molar-refractivity contribution is -0.122. The van der Waals surface area contributed by atoms with E-state index in [1.807, 2.05) is 19.1 Å². The summed E-state index contributed by atoms with van der Waals surface area (Å²) in [6.45, 7) is 1.93. The third-order valence-corrected chi connectivity index (χ3v) is 8.01. The zero-order valence-electron chi connectivity index (χ0n) is 18.9. The van der Waals surface area contributed by atoms with Crippen LogP contribution in [0.15, 0.2) is 75.7 Å². The molecule has 0 radical (unpaired) electrons. The van der Waals surface area contributed by atoms with E-state index in [9.17, 15) is 14.9 Å². The Morgan fingerprint density at radius 1 is 1.08 bits per heavy atom. The molecule has 0 unspecified atom stereocenters. The molecule has 0 bridgehead atoms. The van der Waals surface area contributed by atoms with Crippen LogP contribution in [0.4, 0.5) is 5.69 Å². The number of nitrogens with zero attached hydrogens (tertiary/aromatic N) is 2.